The Morgan fingerprint density at radius 1 is 0.234 bits per heavy atom. The van der Waals surface area contributed by atoms with E-state index in [9.17, 15) is 0 Å². The molecular formula is C60H40N2O2. The summed E-state index contributed by atoms with van der Waals surface area (Å²) < 4.78 is 13.6. The molecule has 0 aliphatic carbocycles. The molecule has 302 valence electrons. The fraction of sp³-hybridized carbons (Fsp3) is 0. The van der Waals surface area contributed by atoms with Gasteiger partial charge in [0.1, 0.15) is 22.3 Å². The number of fused-ring (bicyclic) bond motifs is 6. The maximum absolute atomic E-state index is 7.06. The Morgan fingerprint density at radius 2 is 0.688 bits per heavy atom. The molecule has 4 nitrogen and oxygen atoms in total. The highest BCUT2D eigenvalue weighted by Crippen LogP contribution is 2.50. The molecule has 0 unspecified atom stereocenters. The van der Waals surface area contributed by atoms with Gasteiger partial charge < -0.3 is 18.6 Å². The Balaban J connectivity index is 1.14. The number of hydrogen-bond acceptors (Lipinski definition) is 4. The van der Waals surface area contributed by atoms with Gasteiger partial charge in [-0.05, 0) is 106 Å². The summed E-state index contributed by atoms with van der Waals surface area (Å²) in [5.41, 5.74) is 16.2. The summed E-state index contributed by atoms with van der Waals surface area (Å²) in [6.45, 7) is 0. The minimum atomic E-state index is 0.782. The van der Waals surface area contributed by atoms with Gasteiger partial charge in [0.2, 0.25) is 0 Å². The van der Waals surface area contributed by atoms with Gasteiger partial charge in [0, 0.05) is 33.9 Å². The molecule has 2 heterocycles. The Kier molecular flexibility index (Phi) is 9.12. The highest BCUT2D eigenvalue weighted by atomic mass is 16.3. The number of nitrogens with zero attached hydrogens (tertiary/aromatic N) is 2. The Bertz CT molecular complexity index is 3500. The van der Waals surface area contributed by atoms with Crippen molar-refractivity contribution in [1.29, 1.82) is 0 Å². The van der Waals surface area contributed by atoms with Crippen molar-refractivity contribution in [3.63, 3.8) is 0 Å². The SMILES string of the molecule is c1ccc(-c2ccc(N(c3ccc(-c4ccccc4)cc3)c3cc(N(c4ccccc4)c4cccc5oc6ccccc6c45)c4c(c3)oc3cc(-c5ccccc5)ccc34)cc2)cc1. The average Bonchev–Trinajstić information content (AvgIpc) is 3.94. The third-order valence-corrected chi connectivity index (χ3v) is 12.2. The zero-order valence-electron chi connectivity index (χ0n) is 34.8. The molecule has 0 fully saturated rings. The van der Waals surface area contributed by atoms with Crippen molar-refractivity contribution < 1.29 is 8.83 Å². The lowest BCUT2D eigenvalue weighted by atomic mass is 10.0. The molecule has 0 aliphatic heterocycles. The first-order valence-corrected chi connectivity index (χ1v) is 21.7. The Hall–Kier alpha value is -8.60. The standard InChI is InChI=1S/C60H40N2O2/c1-5-16-41(17-6-1)44-28-33-48(34-29-44)61(49-35-30-45(31-36-49)42-18-7-2-8-19-42)50-39-54(60-52-37-32-46(43-20-9-3-10-21-43)38-57(52)64-58(60)40-50)62(47-22-11-4-12-23-47)53-25-15-27-56-59(53)51-24-13-14-26-55(51)63-56/h1-40H. The third-order valence-electron chi connectivity index (χ3n) is 12.2. The van der Waals surface area contributed by atoms with Gasteiger partial charge in [-0.2, -0.15) is 0 Å². The number of para-hydroxylation sites is 2. The molecule has 4 heteroatoms. The largest absolute Gasteiger partial charge is 0.456 e. The van der Waals surface area contributed by atoms with Crippen LogP contribution in [0.4, 0.5) is 34.1 Å². The van der Waals surface area contributed by atoms with Crippen LogP contribution in [0.15, 0.2) is 251 Å². The first-order valence-electron chi connectivity index (χ1n) is 21.7. The predicted molar refractivity (Wildman–Crippen MR) is 267 cm³/mol. The zero-order valence-corrected chi connectivity index (χ0v) is 34.8. The van der Waals surface area contributed by atoms with Gasteiger partial charge in [0.25, 0.3) is 0 Å². The third kappa shape index (κ3) is 6.57. The van der Waals surface area contributed by atoms with Gasteiger partial charge >= 0.3 is 0 Å². The van der Waals surface area contributed by atoms with E-state index in [1.807, 2.05) is 12.1 Å². The monoisotopic (exact) mass is 820 g/mol. The Morgan fingerprint density at radius 3 is 1.31 bits per heavy atom. The number of rotatable bonds is 9. The van der Waals surface area contributed by atoms with Crippen molar-refractivity contribution in [2.24, 2.45) is 0 Å². The average molecular weight is 821 g/mol. The van der Waals surface area contributed by atoms with E-state index < -0.39 is 0 Å². The topological polar surface area (TPSA) is 32.8 Å². The van der Waals surface area contributed by atoms with Crippen LogP contribution < -0.4 is 9.80 Å². The first-order chi connectivity index (χ1) is 31.7. The fourth-order valence-corrected chi connectivity index (χ4v) is 9.23. The molecule has 10 aromatic carbocycles. The molecule has 12 rings (SSSR count). The lowest BCUT2D eigenvalue weighted by Gasteiger charge is -2.30. The maximum atomic E-state index is 7.06. The molecule has 2 aromatic heterocycles. The van der Waals surface area contributed by atoms with Crippen molar-refractivity contribution >= 4 is 78.0 Å². The molecule has 0 bridgehead atoms. The zero-order chi connectivity index (χ0) is 42.4. The van der Waals surface area contributed by atoms with Crippen LogP contribution in [0.25, 0.3) is 77.3 Å². The van der Waals surface area contributed by atoms with Crippen molar-refractivity contribution in [1.82, 2.24) is 0 Å². The number of furan rings is 2. The van der Waals surface area contributed by atoms with Gasteiger partial charge in [-0.15, -0.1) is 0 Å². The molecular weight excluding hydrogens is 781 g/mol. The number of hydrogen-bond donors (Lipinski definition) is 0. The summed E-state index contributed by atoms with van der Waals surface area (Å²) >= 11 is 0. The summed E-state index contributed by atoms with van der Waals surface area (Å²) in [5.74, 6) is 0. The lowest BCUT2D eigenvalue weighted by molar-refractivity contribution is 0.669. The van der Waals surface area contributed by atoms with Crippen molar-refractivity contribution in [3.05, 3.63) is 243 Å². The van der Waals surface area contributed by atoms with Gasteiger partial charge in [0.15, 0.2) is 0 Å². The van der Waals surface area contributed by atoms with E-state index in [0.29, 0.717) is 0 Å². The minimum absolute atomic E-state index is 0.782. The van der Waals surface area contributed by atoms with Gasteiger partial charge in [-0.3, -0.25) is 0 Å². The molecule has 0 atom stereocenters. The minimum Gasteiger partial charge on any atom is -0.456 e. The summed E-state index contributed by atoms with van der Waals surface area (Å²) in [6.07, 6.45) is 0. The van der Waals surface area contributed by atoms with Crippen molar-refractivity contribution in [3.8, 4) is 33.4 Å². The predicted octanol–water partition coefficient (Wildman–Crippen LogP) is 17.4. The molecule has 0 amide bonds. The lowest BCUT2D eigenvalue weighted by Crippen LogP contribution is -2.14. The molecule has 64 heavy (non-hydrogen) atoms. The fourth-order valence-electron chi connectivity index (χ4n) is 9.23. The van der Waals surface area contributed by atoms with Crippen LogP contribution in [0, 0.1) is 0 Å². The Labute approximate surface area is 371 Å². The summed E-state index contributed by atoms with van der Waals surface area (Å²) in [4.78, 5) is 4.72. The quantitative estimate of drug-likeness (QED) is 0.145. The summed E-state index contributed by atoms with van der Waals surface area (Å²) in [6, 6.07) is 85.7. The molecule has 0 radical (unpaired) electrons. The van der Waals surface area contributed by atoms with E-state index in [0.717, 1.165) is 100 Å². The summed E-state index contributed by atoms with van der Waals surface area (Å²) in [5, 5.41) is 4.16. The van der Waals surface area contributed by atoms with E-state index in [4.69, 9.17) is 8.83 Å². The highest BCUT2D eigenvalue weighted by molar-refractivity contribution is 6.19. The molecule has 0 N–H and O–H groups in total. The summed E-state index contributed by atoms with van der Waals surface area (Å²) in [7, 11) is 0. The van der Waals surface area contributed by atoms with E-state index in [1.165, 1.54) is 11.1 Å². The molecule has 0 spiro atoms. The number of anilines is 6. The van der Waals surface area contributed by atoms with Gasteiger partial charge in [-0.1, -0.05) is 164 Å². The smallest absolute Gasteiger partial charge is 0.139 e. The second-order valence-corrected chi connectivity index (χ2v) is 16.1. The second kappa shape index (κ2) is 15.7. The van der Waals surface area contributed by atoms with Crippen LogP contribution in [0.2, 0.25) is 0 Å². The van der Waals surface area contributed by atoms with Crippen LogP contribution in [-0.4, -0.2) is 0 Å². The molecule has 0 saturated heterocycles. The van der Waals surface area contributed by atoms with Crippen LogP contribution >= 0.6 is 0 Å². The van der Waals surface area contributed by atoms with Crippen LogP contribution in [0.3, 0.4) is 0 Å². The van der Waals surface area contributed by atoms with Crippen LogP contribution in [-0.2, 0) is 0 Å². The van der Waals surface area contributed by atoms with E-state index in [2.05, 4.69) is 240 Å². The van der Waals surface area contributed by atoms with Crippen LogP contribution in [0.1, 0.15) is 0 Å². The van der Waals surface area contributed by atoms with E-state index in [1.54, 1.807) is 0 Å². The van der Waals surface area contributed by atoms with Gasteiger partial charge in [0.05, 0.1) is 27.8 Å². The van der Waals surface area contributed by atoms with Gasteiger partial charge in [-0.25, -0.2) is 0 Å². The first kappa shape index (κ1) is 37.2. The normalized spacial score (nSPS) is 11.4. The number of benzene rings is 10. The van der Waals surface area contributed by atoms with Crippen molar-refractivity contribution in [2.45, 2.75) is 0 Å². The van der Waals surface area contributed by atoms with E-state index in [-0.39, 0.29) is 0 Å². The molecule has 12 aromatic rings. The van der Waals surface area contributed by atoms with Crippen molar-refractivity contribution in [2.75, 3.05) is 9.80 Å². The maximum Gasteiger partial charge on any atom is 0.139 e. The van der Waals surface area contributed by atoms with E-state index >= 15 is 0 Å². The highest BCUT2D eigenvalue weighted by Gasteiger charge is 2.26. The van der Waals surface area contributed by atoms with Crippen LogP contribution in [0.5, 0.6) is 0 Å². The molecule has 0 aliphatic rings. The molecule has 0 saturated carbocycles. The second-order valence-electron chi connectivity index (χ2n) is 16.1.